The number of rotatable bonds is 1. The molecule has 0 aliphatic rings. The van der Waals surface area contributed by atoms with E-state index in [1.165, 1.54) is 11.3 Å². The van der Waals surface area contributed by atoms with E-state index < -0.39 is 0 Å². The minimum absolute atomic E-state index is 0.558. The van der Waals surface area contributed by atoms with Crippen molar-refractivity contribution in [2.24, 2.45) is 0 Å². The largest absolute Gasteiger partial charge is 0.240 e. The van der Waals surface area contributed by atoms with E-state index in [9.17, 15) is 0 Å². The first-order valence-electron chi connectivity index (χ1n) is 3.47. The van der Waals surface area contributed by atoms with E-state index in [1.807, 2.05) is 0 Å². The molecule has 0 atom stereocenters. The second kappa shape index (κ2) is 4.22. The highest BCUT2D eigenvalue weighted by Crippen LogP contribution is 2.27. The molecule has 2 rings (SSSR count). The molecule has 0 bridgehead atoms. The summed E-state index contributed by atoms with van der Waals surface area (Å²) in [4.78, 5) is 12.5. The summed E-state index contributed by atoms with van der Waals surface area (Å²) in [7, 11) is 0. The van der Waals surface area contributed by atoms with E-state index in [1.54, 1.807) is 12.3 Å². The number of nitrogens with zero attached hydrogens (tertiary/aromatic N) is 3. The number of aromatic nitrogens is 3. The van der Waals surface area contributed by atoms with Crippen LogP contribution in [0.4, 0.5) is 0 Å². The van der Waals surface area contributed by atoms with Crippen LogP contribution in [0.25, 0.3) is 10.8 Å². The molecule has 7 heteroatoms. The second-order valence-electron chi connectivity index (χ2n) is 2.31. The van der Waals surface area contributed by atoms with Gasteiger partial charge in [-0.2, -0.15) is 0 Å². The second-order valence-corrected chi connectivity index (χ2v) is 5.59. The van der Waals surface area contributed by atoms with E-state index in [2.05, 4.69) is 46.8 Å². The molecule has 3 nitrogen and oxygen atoms in total. The lowest BCUT2D eigenvalue weighted by molar-refractivity contribution is 1.11. The van der Waals surface area contributed by atoms with Crippen molar-refractivity contribution in [1.29, 1.82) is 0 Å². The average Bonchev–Trinajstić information content (AvgIpc) is 2.50. The smallest absolute Gasteiger partial charge is 0.190 e. The van der Waals surface area contributed by atoms with Crippen LogP contribution in [0, 0.1) is 0 Å². The molecular formula is C7H2Br2ClN3S. The Labute approximate surface area is 106 Å². The third-order valence-corrected chi connectivity index (χ3v) is 3.26. The van der Waals surface area contributed by atoms with Gasteiger partial charge in [0.05, 0.1) is 6.20 Å². The topological polar surface area (TPSA) is 38.7 Å². The molecule has 0 aliphatic heterocycles. The number of thiazole rings is 1. The third-order valence-electron chi connectivity index (χ3n) is 1.33. The zero-order valence-electron chi connectivity index (χ0n) is 6.54. The van der Waals surface area contributed by atoms with Crippen molar-refractivity contribution in [3.8, 4) is 10.8 Å². The van der Waals surface area contributed by atoms with E-state index in [4.69, 9.17) is 11.6 Å². The Hall–Kier alpha value is -0.0400. The molecular weight excluding hydrogens is 353 g/mol. The molecule has 2 aromatic rings. The predicted molar refractivity (Wildman–Crippen MR) is 63.6 cm³/mol. The maximum atomic E-state index is 5.77. The van der Waals surface area contributed by atoms with Gasteiger partial charge in [-0.1, -0.05) is 22.9 Å². The van der Waals surface area contributed by atoms with Gasteiger partial charge in [0.25, 0.3) is 0 Å². The Bertz CT molecular complexity index is 453. The fourth-order valence-corrected chi connectivity index (χ4v) is 2.77. The van der Waals surface area contributed by atoms with E-state index in [0.29, 0.717) is 24.4 Å². The molecule has 0 aliphatic carbocycles. The fourth-order valence-electron chi connectivity index (χ4n) is 0.844. The van der Waals surface area contributed by atoms with Crippen molar-refractivity contribution in [2.45, 2.75) is 0 Å². The maximum Gasteiger partial charge on any atom is 0.190 e. The van der Waals surface area contributed by atoms with Gasteiger partial charge in [-0.05, 0) is 31.9 Å². The lowest BCUT2D eigenvalue weighted by atomic mass is 10.6. The third kappa shape index (κ3) is 2.31. The van der Waals surface area contributed by atoms with Gasteiger partial charge in [0.15, 0.2) is 10.8 Å². The molecule has 72 valence electrons. The number of hydrogen-bond acceptors (Lipinski definition) is 4. The average molecular weight is 355 g/mol. The highest BCUT2D eigenvalue weighted by molar-refractivity contribution is 9.11. The minimum atomic E-state index is 0.558. The van der Waals surface area contributed by atoms with Gasteiger partial charge in [0.1, 0.15) is 13.5 Å². The first-order chi connectivity index (χ1) is 6.65. The summed E-state index contributed by atoms with van der Waals surface area (Å²) in [6.07, 6.45) is 1.58. The van der Waals surface area contributed by atoms with Crippen molar-refractivity contribution in [2.75, 3.05) is 0 Å². The van der Waals surface area contributed by atoms with Gasteiger partial charge >= 0.3 is 0 Å². The highest BCUT2D eigenvalue weighted by atomic mass is 79.9. The standard InChI is InChI=1S/C7H2Br2ClN3S/c8-3-1-4(9)13-6(12-3)7-11-2-5(10)14-7/h1-2H. The summed E-state index contributed by atoms with van der Waals surface area (Å²) >= 11 is 13.7. The summed E-state index contributed by atoms with van der Waals surface area (Å²) in [5, 5.41) is 0.706. The van der Waals surface area contributed by atoms with Crippen molar-refractivity contribution in [3.63, 3.8) is 0 Å². The molecule has 0 radical (unpaired) electrons. The molecule has 0 unspecified atom stereocenters. The Balaban J connectivity index is 2.51. The molecule has 14 heavy (non-hydrogen) atoms. The molecule has 0 saturated carbocycles. The maximum absolute atomic E-state index is 5.77. The van der Waals surface area contributed by atoms with Crippen LogP contribution in [0.5, 0.6) is 0 Å². The highest BCUT2D eigenvalue weighted by Gasteiger charge is 2.08. The van der Waals surface area contributed by atoms with Crippen LogP contribution in [-0.4, -0.2) is 15.0 Å². The molecule has 2 aromatic heterocycles. The Morgan fingerprint density at radius 3 is 2.36 bits per heavy atom. The van der Waals surface area contributed by atoms with Crippen LogP contribution in [0.15, 0.2) is 21.5 Å². The van der Waals surface area contributed by atoms with Gasteiger partial charge in [0, 0.05) is 6.07 Å². The quantitative estimate of drug-likeness (QED) is 0.731. The van der Waals surface area contributed by atoms with Gasteiger partial charge < -0.3 is 0 Å². The first-order valence-corrected chi connectivity index (χ1v) is 6.25. The summed E-state index contributed by atoms with van der Waals surface area (Å²) < 4.78 is 2.04. The van der Waals surface area contributed by atoms with Crippen LogP contribution in [-0.2, 0) is 0 Å². The molecule has 0 aromatic carbocycles. The van der Waals surface area contributed by atoms with Crippen molar-refractivity contribution in [3.05, 3.63) is 25.8 Å². The number of hydrogen-bond donors (Lipinski definition) is 0. The van der Waals surface area contributed by atoms with Crippen LogP contribution >= 0.6 is 54.8 Å². The van der Waals surface area contributed by atoms with Crippen LogP contribution in [0.2, 0.25) is 4.34 Å². The summed E-state index contributed by atoms with van der Waals surface area (Å²) in [5.74, 6) is 0.558. The van der Waals surface area contributed by atoms with Crippen LogP contribution in [0.3, 0.4) is 0 Å². The molecule has 0 spiro atoms. The molecule has 2 heterocycles. The molecule has 0 amide bonds. The lowest BCUT2D eigenvalue weighted by Gasteiger charge is -1.96. The summed E-state index contributed by atoms with van der Waals surface area (Å²) in [5.41, 5.74) is 0. The van der Waals surface area contributed by atoms with Gasteiger partial charge in [-0.25, -0.2) is 15.0 Å². The van der Waals surface area contributed by atoms with E-state index in [0.717, 1.165) is 0 Å². The first kappa shape index (κ1) is 10.5. The van der Waals surface area contributed by atoms with Gasteiger partial charge in [-0.3, -0.25) is 0 Å². The van der Waals surface area contributed by atoms with Gasteiger partial charge in [-0.15, -0.1) is 0 Å². The van der Waals surface area contributed by atoms with Crippen molar-refractivity contribution >= 4 is 54.8 Å². The molecule has 0 saturated heterocycles. The van der Waals surface area contributed by atoms with Crippen LogP contribution in [0.1, 0.15) is 0 Å². The SMILES string of the molecule is Clc1cnc(-c2nc(Br)cc(Br)n2)s1. The minimum Gasteiger partial charge on any atom is -0.240 e. The van der Waals surface area contributed by atoms with Crippen LogP contribution < -0.4 is 0 Å². The fraction of sp³-hybridized carbons (Fsp3) is 0. The molecule has 0 N–H and O–H groups in total. The summed E-state index contributed by atoms with van der Waals surface area (Å²) in [6, 6.07) is 1.76. The normalized spacial score (nSPS) is 10.5. The lowest BCUT2D eigenvalue weighted by Crippen LogP contribution is -1.89. The Kier molecular flexibility index (Phi) is 3.16. The van der Waals surface area contributed by atoms with E-state index in [-0.39, 0.29) is 0 Å². The van der Waals surface area contributed by atoms with E-state index >= 15 is 0 Å². The summed E-state index contributed by atoms with van der Waals surface area (Å²) in [6.45, 7) is 0. The molecule has 0 fully saturated rings. The van der Waals surface area contributed by atoms with Gasteiger partial charge in [0.2, 0.25) is 0 Å². The Morgan fingerprint density at radius 2 is 1.86 bits per heavy atom. The predicted octanol–water partition coefficient (Wildman–Crippen LogP) is 3.78. The van der Waals surface area contributed by atoms with Crippen molar-refractivity contribution < 1.29 is 0 Å². The Morgan fingerprint density at radius 1 is 1.21 bits per heavy atom. The van der Waals surface area contributed by atoms with Crippen molar-refractivity contribution in [1.82, 2.24) is 15.0 Å². The monoisotopic (exact) mass is 353 g/mol. The number of halogens is 3. The zero-order chi connectivity index (χ0) is 10.1. The zero-order valence-corrected chi connectivity index (χ0v) is 11.3.